The highest BCUT2D eigenvalue weighted by Crippen LogP contribution is 2.33. The minimum Gasteiger partial charge on any atom is -0.466 e. The van der Waals surface area contributed by atoms with Crippen LogP contribution in [0.3, 0.4) is 0 Å². The molecule has 7 nitrogen and oxygen atoms in total. The van der Waals surface area contributed by atoms with E-state index in [4.69, 9.17) is 4.74 Å². The van der Waals surface area contributed by atoms with Gasteiger partial charge in [-0.2, -0.15) is 0 Å². The van der Waals surface area contributed by atoms with Gasteiger partial charge in [-0.3, -0.25) is 9.89 Å². The standard InChI is InChI=1S/C23H19F2N5O2.ClH/c24-23(25)11-12-30(22(31)17-7-3-2-6-16(17)19-13-26-29-28-19)14-20(23)32-21-10-9-15-5-1-4-8-18(15)27-21;/h1-10,13,20H,11-12,14H2,(H,26,28,29);1H/t20-;/m0./s1. The number of halogens is 3. The van der Waals surface area contributed by atoms with E-state index in [2.05, 4.69) is 20.4 Å². The van der Waals surface area contributed by atoms with Crippen LogP contribution in [0.5, 0.6) is 5.88 Å². The van der Waals surface area contributed by atoms with Gasteiger partial charge >= 0.3 is 0 Å². The molecule has 170 valence electrons. The number of para-hydroxylation sites is 1. The van der Waals surface area contributed by atoms with Crippen molar-refractivity contribution in [1.29, 1.82) is 0 Å². The summed E-state index contributed by atoms with van der Waals surface area (Å²) in [7, 11) is 0. The number of pyridine rings is 1. The molecule has 5 rings (SSSR count). The number of benzene rings is 2. The topological polar surface area (TPSA) is 84.0 Å². The number of hydrogen-bond donors (Lipinski definition) is 1. The van der Waals surface area contributed by atoms with E-state index in [9.17, 15) is 13.6 Å². The van der Waals surface area contributed by atoms with Crippen LogP contribution >= 0.6 is 12.4 Å². The smallest absolute Gasteiger partial charge is 0.287 e. The summed E-state index contributed by atoms with van der Waals surface area (Å²) in [5.74, 6) is -3.34. The summed E-state index contributed by atoms with van der Waals surface area (Å²) in [6.07, 6.45) is -0.492. The number of piperidine rings is 1. The maximum Gasteiger partial charge on any atom is 0.287 e. The molecule has 1 N–H and O–H groups in total. The lowest BCUT2D eigenvalue weighted by Gasteiger charge is -2.38. The fraction of sp³-hybridized carbons (Fsp3) is 0.217. The maximum absolute atomic E-state index is 14.7. The number of likely N-dealkylation sites (tertiary alicyclic amines) is 1. The third-order valence-corrected chi connectivity index (χ3v) is 5.56. The van der Waals surface area contributed by atoms with Gasteiger partial charge in [0.25, 0.3) is 11.8 Å². The first-order chi connectivity index (χ1) is 15.5. The van der Waals surface area contributed by atoms with E-state index in [0.29, 0.717) is 22.3 Å². The Kier molecular flexibility index (Phi) is 6.24. The van der Waals surface area contributed by atoms with Gasteiger partial charge in [0.2, 0.25) is 5.88 Å². The molecule has 1 aliphatic heterocycles. The number of H-pyrrole nitrogens is 1. The highest BCUT2D eigenvalue weighted by Gasteiger charge is 2.47. The number of ether oxygens (including phenoxy) is 1. The van der Waals surface area contributed by atoms with Crippen molar-refractivity contribution in [3.8, 4) is 17.1 Å². The Labute approximate surface area is 194 Å². The largest absolute Gasteiger partial charge is 0.466 e. The average molecular weight is 472 g/mol. The molecule has 3 heterocycles. The van der Waals surface area contributed by atoms with Crippen molar-refractivity contribution in [3.05, 3.63) is 72.4 Å². The molecule has 10 heteroatoms. The molecular weight excluding hydrogens is 452 g/mol. The minimum atomic E-state index is -3.09. The molecule has 1 saturated heterocycles. The van der Waals surface area contributed by atoms with Gasteiger partial charge < -0.3 is 9.64 Å². The molecule has 2 aromatic carbocycles. The van der Waals surface area contributed by atoms with E-state index in [-0.39, 0.29) is 37.3 Å². The maximum atomic E-state index is 14.7. The fourth-order valence-electron chi connectivity index (χ4n) is 3.84. The van der Waals surface area contributed by atoms with E-state index in [0.717, 1.165) is 5.39 Å². The molecule has 0 radical (unpaired) electrons. The molecule has 1 fully saturated rings. The predicted molar refractivity (Wildman–Crippen MR) is 121 cm³/mol. The van der Waals surface area contributed by atoms with Gasteiger partial charge in [0, 0.05) is 35.5 Å². The molecule has 33 heavy (non-hydrogen) atoms. The Morgan fingerprint density at radius 2 is 1.88 bits per heavy atom. The number of aromatic nitrogens is 4. The molecule has 0 spiro atoms. The predicted octanol–water partition coefficient (Wildman–Crippen LogP) is 4.37. The van der Waals surface area contributed by atoms with Crippen molar-refractivity contribution >= 4 is 29.2 Å². The van der Waals surface area contributed by atoms with Crippen LogP contribution in [0.15, 0.2) is 66.9 Å². The SMILES string of the molecule is Cl.O=C(c1ccccc1-c1cnn[nH]1)N1CCC(F)(F)[C@@H](Oc2ccc3ccccc3n2)C1. The minimum absolute atomic E-state index is 0. The van der Waals surface area contributed by atoms with Crippen LogP contribution in [-0.4, -0.2) is 56.3 Å². The van der Waals surface area contributed by atoms with Crippen LogP contribution in [-0.2, 0) is 0 Å². The van der Waals surface area contributed by atoms with E-state index in [1.54, 1.807) is 42.5 Å². The monoisotopic (exact) mass is 471 g/mol. The lowest BCUT2D eigenvalue weighted by atomic mass is 9.99. The summed E-state index contributed by atoms with van der Waals surface area (Å²) in [5, 5.41) is 11.1. The number of hydrogen-bond acceptors (Lipinski definition) is 5. The molecular formula is C23H20ClF2N5O2. The normalized spacial score (nSPS) is 17.4. The Hall–Kier alpha value is -3.59. The van der Waals surface area contributed by atoms with Gasteiger partial charge in [-0.05, 0) is 18.2 Å². The van der Waals surface area contributed by atoms with Crippen molar-refractivity contribution in [2.24, 2.45) is 0 Å². The van der Waals surface area contributed by atoms with E-state index in [1.807, 2.05) is 18.2 Å². The number of fused-ring (bicyclic) bond motifs is 1. The van der Waals surface area contributed by atoms with Gasteiger partial charge in [0.15, 0.2) is 6.10 Å². The molecule has 0 saturated carbocycles. The highest BCUT2D eigenvalue weighted by molar-refractivity contribution is 6.00. The first-order valence-corrected chi connectivity index (χ1v) is 10.2. The quantitative estimate of drug-likeness (QED) is 0.478. The van der Waals surface area contributed by atoms with Crippen LogP contribution in [0.25, 0.3) is 22.2 Å². The van der Waals surface area contributed by atoms with Gasteiger partial charge in [-0.15, -0.1) is 17.5 Å². The van der Waals surface area contributed by atoms with Crippen LogP contribution in [0.1, 0.15) is 16.8 Å². The summed E-state index contributed by atoms with van der Waals surface area (Å²) in [5.41, 5.74) is 2.21. The number of carbonyl (C=O) groups is 1. The molecule has 1 atom stereocenters. The highest BCUT2D eigenvalue weighted by atomic mass is 35.5. The zero-order valence-corrected chi connectivity index (χ0v) is 18.1. The molecule has 0 aliphatic carbocycles. The third kappa shape index (κ3) is 4.49. The number of rotatable bonds is 4. The van der Waals surface area contributed by atoms with Gasteiger partial charge in [0.1, 0.15) is 0 Å². The summed E-state index contributed by atoms with van der Waals surface area (Å²) < 4.78 is 35.0. The number of nitrogens with one attached hydrogen (secondary N) is 1. The second-order valence-electron chi connectivity index (χ2n) is 7.63. The summed E-state index contributed by atoms with van der Waals surface area (Å²) in [4.78, 5) is 19.0. The molecule has 0 bridgehead atoms. The van der Waals surface area contributed by atoms with Crippen molar-refractivity contribution in [2.45, 2.75) is 18.4 Å². The number of nitrogens with zero attached hydrogens (tertiary/aromatic N) is 4. The zero-order chi connectivity index (χ0) is 22.1. The Morgan fingerprint density at radius 3 is 2.70 bits per heavy atom. The average Bonchev–Trinajstić information content (AvgIpc) is 3.35. The summed E-state index contributed by atoms with van der Waals surface area (Å²) >= 11 is 0. The van der Waals surface area contributed by atoms with Gasteiger partial charge in [-0.1, -0.05) is 41.6 Å². The van der Waals surface area contributed by atoms with Crippen LogP contribution in [0.2, 0.25) is 0 Å². The van der Waals surface area contributed by atoms with Gasteiger partial charge in [-0.25, -0.2) is 13.8 Å². The number of alkyl halides is 2. The first-order valence-electron chi connectivity index (χ1n) is 10.2. The van der Waals surface area contributed by atoms with Crippen LogP contribution in [0.4, 0.5) is 8.78 Å². The van der Waals surface area contributed by atoms with Crippen molar-refractivity contribution in [2.75, 3.05) is 13.1 Å². The zero-order valence-electron chi connectivity index (χ0n) is 17.3. The summed E-state index contributed by atoms with van der Waals surface area (Å²) in [6, 6.07) is 17.6. The number of aromatic amines is 1. The Morgan fingerprint density at radius 1 is 1.09 bits per heavy atom. The Bertz CT molecular complexity index is 1270. The van der Waals surface area contributed by atoms with E-state index < -0.39 is 18.4 Å². The fourth-order valence-corrected chi connectivity index (χ4v) is 3.84. The van der Waals surface area contributed by atoms with E-state index in [1.165, 1.54) is 11.1 Å². The van der Waals surface area contributed by atoms with Crippen molar-refractivity contribution in [1.82, 2.24) is 25.3 Å². The van der Waals surface area contributed by atoms with Crippen LogP contribution in [0, 0.1) is 0 Å². The second-order valence-corrected chi connectivity index (χ2v) is 7.63. The number of carbonyl (C=O) groups excluding carboxylic acids is 1. The summed E-state index contributed by atoms with van der Waals surface area (Å²) in [6.45, 7) is -0.331. The first kappa shape index (κ1) is 22.6. The molecule has 1 aliphatic rings. The molecule has 2 aromatic heterocycles. The van der Waals surface area contributed by atoms with Crippen LogP contribution < -0.4 is 4.74 Å². The molecule has 1 amide bonds. The number of amides is 1. The Balaban J connectivity index is 0.00000259. The molecule has 0 unspecified atom stereocenters. The van der Waals surface area contributed by atoms with Gasteiger partial charge in [0.05, 0.1) is 24.0 Å². The van der Waals surface area contributed by atoms with E-state index >= 15 is 0 Å². The van der Waals surface area contributed by atoms with Crippen molar-refractivity contribution < 1.29 is 18.3 Å². The van der Waals surface area contributed by atoms with Crippen molar-refractivity contribution in [3.63, 3.8) is 0 Å². The lowest BCUT2D eigenvalue weighted by Crippen LogP contribution is -2.55. The second kappa shape index (κ2) is 9.11. The third-order valence-electron chi connectivity index (χ3n) is 5.56. The molecule has 4 aromatic rings. The lowest BCUT2D eigenvalue weighted by molar-refractivity contribution is -0.131.